The molecule has 1 aromatic carbocycles. The van der Waals surface area contributed by atoms with Crippen LogP contribution in [0.25, 0.3) is 0 Å². The number of hydrogen-bond donors (Lipinski definition) is 2. The number of anilines is 1. The SMILES string of the molecule is CN1CCN(C(=O)Nc2ccccc2F)C(CNC(=O)OC(C)(C)C)C1. The van der Waals surface area contributed by atoms with Gasteiger partial charge in [0.2, 0.25) is 0 Å². The first-order valence-corrected chi connectivity index (χ1v) is 8.63. The summed E-state index contributed by atoms with van der Waals surface area (Å²) in [7, 11) is 1.95. The van der Waals surface area contributed by atoms with Gasteiger partial charge < -0.3 is 25.2 Å². The number of rotatable bonds is 3. The average molecular weight is 366 g/mol. The van der Waals surface area contributed by atoms with Gasteiger partial charge in [-0.3, -0.25) is 0 Å². The normalized spacial score (nSPS) is 18.3. The van der Waals surface area contributed by atoms with Crippen molar-refractivity contribution in [1.29, 1.82) is 0 Å². The highest BCUT2D eigenvalue weighted by Crippen LogP contribution is 2.16. The number of para-hydroxylation sites is 1. The summed E-state index contributed by atoms with van der Waals surface area (Å²) in [4.78, 5) is 28.2. The fourth-order valence-corrected chi connectivity index (χ4v) is 2.72. The molecule has 26 heavy (non-hydrogen) atoms. The highest BCUT2D eigenvalue weighted by atomic mass is 19.1. The van der Waals surface area contributed by atoms with Crippen molar-refractivity contribution in [3.05, 3.63) is 30.1 Å². The van der Waals surface area contributed by atoms with Crippen LogP contribution in [0.15, 0.2) is 24.3 Å². The van der Waals surface area contributed by atoms with Crippen molar-refractivity contribution in [3.63, 3.8) is 0 Å². The molecular formula is C18H27FN4O3. The minimum atomic E-state index is -0.588. The van der Waals surface area contributed by atoms with Crippen LogP contribution in [0.5, 0.6) is 0 Å². The zero-order chi connectivity index (χ0) is 19.3. The second kappa shape index (κ2) is 8.35. The Kier molecular flexibility index (Phi) is 6.42. The number of amides is 3. The summed E-state index contributed by atoms with van der Waals surface area (Å²) in [6.07, 6.45) is -0.528. The van der Waals surface area contributed by atoms with Gasteiger partial charge in [0.1, 0.15) is 11.4 Å². The van der Waals surface area contributed by atoms with E-state index < -0.39 is 17.5 Å². The number of alkyl carbamates (subject to hydrolysis) is 1. The van der Waals surface area contributed by atoms with E-state index in [1.165, 1.54) is 12.1 Å². The van der Waals surface area contributed by atoms with E-state index in [9.17, 15) is 14.0 Å². The Labute approximate surface area is 153 Å². The molecule has 1 aliphatic rings. The number of carbonyl (C=O) groups is 2. The molecule has 0 aromatic heterocycles. The molecule has 0 saturated carbocycles. The minimum absolute atomic E-state index is 0.135. The second-order valence-corrected chi connectivity index (χ2v) is 7.40. The molecule has 2 rings (SSSR count). The van der Waals surface area contributed by atoms with Crippen LogP contribution >= 0.6 is 0 Å². The molecule has 1 fully saturated rings. The van der Waals surface area contributed by atoms with Gasteiger partial charge in [0.05, 0.1) is 11.7 Å². The van der Waals surface area contributed by atoms with E-state index in [-0.39, 0.29) is 24.3 Å². The number of ether oxygens (including phenoxy) is 1. The highest BCUT2D eigenvalue weighted by molar-refractivity contribution is 5.89. The van der Waals surface area contributed by atoms with Crippen molar-refractivity contribution in [2.45, 2.75) is 32.4 Å². The second-order valence-electron chi connectivity index (χ2n) is 7.40. The molecule has 2 N–H and O–H groups in total. The lowest BCUT2D eigenvalue weighted by Crippen LogP contribution is -2.59. The topological polar surface area (TPSA) is 73.9 Å². The maximum absolute atomic E-state index is 13.8. The maximum atomic E-state index is 13.8. The van der Waals surface area contributed by atoms with E-state index in [4.69, 9.17) is 4.74 Å². The van der Waals surface area contributed by atoms with Crippen molar-refractivity contribution in [2.75, 3.05) is 38.5 Å². The highest BCUT2D eigenvalue weighted by Gasteiger charge is 2.30. The van der Waals surface area contributed by atoms with Crippen LogP contribution in [-0.2, 0) is 4.74 Å². The predicted molar refractivity (Wildman–Crippen MR) is 97.6 cm³/mol. The van der Waals surface area contributed by atoms with Crippen molar-refractivity contribution in [2.24, 2.45) is 0 Å². The van der Waals surface area contributed by atoms with Crippen molar-refractivity contribution < 1.29 is 18.7 Å². The molecule has 0 spiro atoms. The van der Waals surface area contributed by atoms with Crippen molar-refractivity contribution in [1.82, 2.24) is 15.1 Å². The van der Waals surface area contributed by atoms with Gasteiger partial charge >= 0.3 is 12.1 Å². The molecule has 1 unspecified atom stereocenters. The Morgan fingerprint density at radius 3 is 2.62 bits per heavy atom. The summed E-state index contributed by atoms with van der Waals surface area (Å²) in [5, 5.41) is 5.31. The van der Waals surface area contributed by atoms with Crippen LogP contribution < -0.4 is 10.6 Å². The standard InChI is InChI=1S/C18H27FN4O3/c1-18(2,3)26-17(25)20-11-13-12-22(4)9-10-23(13)16(24)21-15-8-6-5-7-14(15)19/h5-8,13H,9-12H2,1-4H3,(H,20,25)(H,21,24). The zero-order valence-electron chi connectivity index (χ0n) is 15.7. The van der Waals surface area contributed by atoms with E-state index in [2.05, 4.69) is 15.5 Å². The van der Waals surface area contributed by atoms with Gasteiger partial charge in [-0.05, 0) is 40.0 Å². The quantitative estimate of drug-likeness (QED) is 0.862. The molecule has 1 atom stereocenters. The van der Waals surface area contributed by atoms with Crippen LogP contribution in [0, 0.1) is 5.82 Å². The Bertz CT molecular complexity index is 648. The van der Waals surface area contributed by atoms with Crippen molar-refractivity contribution >= 4 is 17.8 Å². The molecule has 8 heteroatoms. The van der Waals surface area contributed by atoms with Crippen LogP contribution in [0.3, 0.4) is 0 Å². The Balaban J connectivity index is 1.99. The Morgan fingerprint density at radius 2 is 1.96 bits per heavy atom. The minimum Gasteiger partial charge on any atom is -0.444 e. The smallest absolute Gasteiger partial charge is 0.407 e. The molecule has 1 saturated heterocycles. The number of halogens is 1. The van der Waals surface area contributed by atoms with Gasteiger partial charge in [0.15, 0.2) is 0 Å². The molecular weight excluding hydrogens is 339 g/mol. The molecule has 0 aliphatic carbocycles. The molecule has 7 nitrogen and oxygen atoms in total. The Morgan fingerprint density at radius 1 is 1.27 bits per heavy atom. The Hall–Kier alpha value is -2.35. The van der Waals surface area contributed by atoms with E-state index in [0.29, 0.717) is 19.6 Å². The van der Waals surface area contributed by atoms with Gasteiger partial charge in [-0.2, -0.15) is 0 Å². The molecule has 1 aliphatic heterocycles. The van der Waals surface area contributed by atoms with E-state index in [0.717, 1.165) is 0 Å². The monoisotopic (exact) mass is 366 g/mol. The number of nitrogens with zero attached hydrogens (tertiary/aromatic N) is 2. The first-order valence-electron chi connectivity index (χ1n) is 8.63. The number of likely N-dealkylation sites (N-methyl/N-ethyl adjacent to an activating group) is 1. The summed E-state index contributed by atoms with van der Waals surface area (Å²) >= 11 is 0. The summed E-state index contributed by atoms with van der Waals surface area (Å²) in [5.41, 5.74) is -0.453. The van der Waals surface area contributed by atoms with Crippen LogP contribution in [0.2, 0.25) is 0 Å². The maximum Gasteiger partial charge on any atom is 0.407 e. The van der Waals surface area contributed by atoms with E-state index >= 15 is 0 Å². The lowest BCUT2D eigenvalue weighted by Gasteiger charge is -2.40. The number of hydrogen-bond acceptors (Lipinski definition) is 4. The number of carbonyl (C=O) groups excluding carboxylic acids is 2. The first kappa shape index (κ1) is 20.0. The number of nitrogens with one attached hydrogen (secondary N) is 2. The molecule has 1 aromatic rings. The summed E-state index contributed by atoms with van der Waals surface area (Å²) in [5.74, 6) is -0.488. The fourth-order valence-electron chi connectivity index (χ4n) is 2.72. The van der Waals surface area contributed by atoms with Crippen molar-refractivity contribution in [3.8, 4) is 0 Å². The van der Waals surface area contributed by atoms with Crippen LogP contribution in [0.4, 0.5) is 19.7 Å². The van der Waals surface area contributed by atoms with Gasteiger partial charge in [0, 0.05) is 26.2 Å². The van der Waals surface area contributed by atoms with E-state index in [1.807, 2.05) is 7.05 Å². The summed E-state index contributed by atoms with van der Waals surface area (Å²) in [6, 6.07) is 5.39. The fraction of sp³-hybridized carbons (Fsp3) is 0.556. The van der Waals surface area contributed by atoms with Gasteiger partial charge in [-0.1, -0.05) is 12.1 Å². The summed E-state index contributed by atoms with van der Waals surface area (Å²) in [6.45, 7) is 7.40. The predicted octanol–water partition coefficient (Wildman–Crippen LogP) is 2.50. The third-order valence-electron chi connectivity index (χ3n) is 3.94. The molecule has 144 valence electrons. The average Bonchev–Trinajstić information content (AvgIpc) is 2.53. The largest absolute Gasteiger partial charge is 0.444 e. The summed E-state index contributed by atoms with van der Waals surface area (Å²) < 4.78 is 19.0. The first-order chi connectivity index (χ1) is 12.2. The molecule has 1 heterocycles. The molecule has 0 radical (unpaired) electrons. The van der Waals surface area contributed by atoms with Crippen LogP contribution in [0.1, 0.15) is 20.8 Å². The third-order valence-corrected chi connectivity index (χ3v) is 3.94. The lowest BCUT2D eigenvalue weighted by molar-refractivity contribution is 0.0490. The number of urea groups is 1. The van der Waals surface area contributed by atoms with E-state index in [1.54, 1.807) is 37.8 Å². The van der Waals surface area contributed by atoms with Gasteiger partial charge in [0.25, 0.3) is 0 Å². The van der Waals surface area contributed by atoms with Gasteiger partial charge in [-0.25, -0.2) is 14.0 Å². The molecule has 3 amide bonds. The lowest BCUT2D eigenvalue weighted by atomic mass is 10.1. The number of piperazine rings is 1. The third kappa shape index (κ3) is 5.87. The zero-order valence-corrected chi connectivity index (χ0v) is 15.7. The molecule has 0 bridgehead atoms. The van der Waals surface area contributed by atoms with Crippen LogP contribution in [-0.4, -0.2) is 66.8 Å². The van der Waals surface area contributed by atoms with Gasteiger partial charge in [-0.15, -0.1) is 0 Å². The number of benzene rings is 1.